The Hall–Kier alpha value is 0.310. The fourth-order valence-electron chi connectivity index (χ4n) is 1.21. The molecule has 5 heteroatoms. The molecule has 84 valence electrons. The van der Waals surface area contributed by atoms with Gasteiger partial charge < -0.3 is 9.93 Å². The standard InChI is InChI=1S/C9H20ClN2OP/c1-8(2)12(9(3)4)14(10)13-7-5-6-11/h6,8-9,11H,5,7H2,1-4H3. The van der Waals surface area contributed by atoms with Crippen LogP contribution in [-0.2, 0) is 4.52 Å². The molecule has 0 bridgehead atoms. The van der Waals surface area contributed by atoms with Gasteiger partial charge in [0.1, 0.15) is 0 Å². The minimum Gasteiger partial charge on any atom is -0.331 e. The predicted molar refractivity (Wildman–Crippen MR) is 64.2 cm³/mol. The largest absolute Gasteiger partial charge is 0.331 e. The van der Waals surface area contributed by atoms with Gasteiger partial charge in [-0.25, -0.2) is 4.67 Å². The number of halogens is 1. The molecule has 0 heterocycles. The Kier molecular flexibility index (Phi) is 7.75. The Morgan fingerprint density at radius 3 is 2.21 bits per heavy atom. The van der Waals surface area contributed by atoms with Crippen LogP contribution >= 0.6 is 18.9 Å². The first-order valence-corrected chi connectivity index (χ1v) is 6.98. The summed E-state index contributed by atoms with van der Waals surface area (Å²) in [6.07, 6.45) is 1.98. The van der Waals surface area contributed by atoms with Crippen LogP contribution in [0.5, 0.6) is 0 Å². The zero-order valence-electron chi connectivity index (χ0n) is 9.33. The lowest BCUT2D eigenvalue weighted by Crippen LogP contribution is -2.31. The Morgan fingerprint density at radius 2 is 1.86 bits per heavy atom. The van der Waals surface area contributed by atoms with Crippen LogP contribution in [0.3, 0.4) is 0 Å². The zero-order valence-corrected chi connectivity index (χ0v) is 11.0. The van der Waals surface area contributed by atoms with Crippen molar-refractivity contribution in [3.63, 3.8) is 0 Å². The summed E-state index contributed by atoms with van der Waals surface area (Å²) in [5.41, 5.74) is 0. The van der Waals surface area contributed by atoms with Gasteiger partial charge in [-0.3, -0.25) is 0 Å². The molecule has 0 amide bonds. The number of rotatable bonds is 7. The Labute approximate surface area is 93.0 Å². The monoisotopic (exact) mass is 238 g/mol. The highest BCUT2D eigenvalue weighted by Gasteiger charge is 2.23. The summed E-state index contributed by atoms with van der Waals surface area (Å²) in [6.45, 7) is 8.97. The molecule has 0 aromatic rings. The average Bonchev–Trinajstić information content (AvgIpc) is 2.03. The predicted octanol–water partition coefficient (Wildman–Crippen LogP) is 3.63. The summed E-state index contributed by atoms with van der Waals surface area (Å²) in [7, 11) is -1.03. The third-order valence-corrected chi connectivity index (χ3v) is 4.20. The van der Waals surface area contributed by atoms with Gasteiger partial charge >= 0.3 is 0 Å². The summed E-state index contributed by atoms with van der Waals surface area (Å²) in [5, 5.41) is 6.87. The molecular weight excluding hydrogens is 219 g/mol. The minimum atomic E-state index is -1.03. The molecule has 0 aromatic heterocycles. The zero-order chi connectivity index (χ0) is 11.1. The lowest BCUT2D eigenvalue weighted by atomic mass is 10.3. The van der Waals surface area contributed by atoms with Crippen molar-refractivity contribution in [3.05, 3.63) is 0 Å². The maximum Gasteiger partial charge on any atom is 0.207 e. The van der Waals surface area contributed by atoms with Gasteiger partial charge in [0.2, 0.25) is 7.65 Å². The smallest absolute Gasteiger partial charge is 0.207 e. The van der Waals surface area contributed by atoms with Gasteiger partial charge in [0.15, 0.2) is 0 Å². The van der Waals surface area contributed by atoms with Gasteiger partial charge in [0, 0.05) is 18.5 Å². The lowest BCUT2D eigenvalue weighted by Gasteiger charge is -2.32. The van der Waals surface area contributed by atoms with Crippen LogP contribution in [0.4, 0.5) is 0 Å². The van der Waals surface area contributed by atoms with Crippen LogP contribution in [0.1, 0.15) is 34.1 Å². The molecule has 0 fully saturated rings. The first-order valence-electron chi connectivity index (χ1n) is 4.86. The molecule has 0 aliphatic carbocycles. The van der Waals surface area contributed by atoms with Crippen molar-refractivity contribution in [2.24, 2.45) is 0 Å². The molecule has 0 aliphatic rings. The van der Waals surface area contributed by atoms with E-state index in [9.17, 15) is 0 Å². The van der Waals surface area contributed by atoms with Crippen LogP contribution in [0.15, 0.2) is 0 Å². The molecule has 3 nitrogen and oxygen atoms in total. The van der Waals surface area contributed by atoms with Crippen LogP contribution in [0, 0.1) is 5.41 Å². The van der Waals surface area contributed by atoms with E-state index in [0.717, 1.165) is 0 Å². The highest BCUT2D eigenvalue weighted by Crippen LogP contribution is 2.49. The molecule has 0 saturated carbocycles. The van der Waals surface area contributed by atoms with Crippen LogP contribution in [-0.4, -0.2) is 29.6 Å². The second-order valence-corrected chi connectivity index (χ2v) is 5.66. The molecule has 0 aromatic carbocycles. The number of hydrogen-bond donors (Lipinski definition) is 1. The third kappa shape index (κ3) is 5.26. The second kappa shape index (κ2) is 7.58. The van der Waals surface area contributed by atoms with Gasteiger partial charge in [0.05, 0.1) is 6.61 Å². The summed E-state index contributed by atoms with van der Waals surface area (Å²) >= 11 is 6.17. The number of hydrogen-bond acceptors (Lipinski definition) is 3. The Balaban J connectivity index is 4.01. The SMILES string of the molecule is CC(C)N(C(C)C)P(Cl)OCCC=N. The van der Waals surface area contributed by atoms with Crippen molar-refractivity contribution >= 4 is 25.1 Å². The molecule has 0 saturated heterocycles. The fourth-order valence-corrected chi connectivity index (χ4v) is 3.58. The van der Waals surface area contributed by atoms with Crippen molar-refractivity contribution < 1.29 is 4.52 Å². The van der Waals surface area contributed by atoms with E-state index in [1.165, 1.54) is 6.21 Å². The van der Waals surface area contributed by atoms with E-state index in [-0.39, 0.29) is 0 Å². The first kappa shape index (κ1) is 14.3. The molecular formula is C9H20ClN2OP. The topological polar surface area (TPSA) is 36.3 Å². The first-order chi connectivity index (χ1) is 6.50. The fraction of sp³-hybridized carbons (Fsp3) is 0.889. The molecule has 14 heavy (non-hydrogen) atoms. The highest BCUT2D eigenvalue weighted by atomic mass is 35.7. The average molecular weight is 239 g/mol. The molecule has 0 aliphatic heterocycles. The van der Waals surface area contributed by atoms with E-state index in [2.05, 4.69) is 32.4 Å². The van der Waals surface area contributed by atoms with Gasteiger partial charge in [-0.15, -0.1) is 0 Å². The summed E-state index contributed by atoms with van der Waals surface area (Å²) in [6, 6.07) is 0.775. The molecule has 1 N–H and O–H groups in total. The number of nitrogens with zero attached hydrogens (tertiary/aromatic N) is 1. The molecule has 0 radical (unpaired) electrons. The van der Waals surface area contributed by atoms with Crippen LogP contribution < -0.4 is 0 Å². The van der Waals surface area contributed by atoms with E-state index < -0.39 is 7.65 Å². The minimum absolute atomic E-state index is 0.388. The van der Waals surface area contributed by atoms with Crippen molar-refractivity contribution in [1.82, 2.24) is 4.67 Å². The Morgan fingerprint density at radius 1 is 1.36 bits per heavy atom. The maximum atomic E-state index is 6.87. The van der Waals surface area contributed by atoms with Gasteiger partial charge in [-0.1, -0.05) is 0 Å². The van der Waals surface area contributed by atoms with Gasteiger partial charge in [-0.05, 0) is 45.2 Å². The second-order valence-electron chi connectivity index (χ2n) is 3.62. The molecule has 0 rings (SSSR count). The lowest BCUT2D eigenvalue weighted by molar-refractivity contribution is 0.267. The Bertz CT molecular complexity index is 159. The van der Waals surface area contributed by atoms with E-state index in [4.69, 9.17) is 21.2 Å². The molecule has 1 unspecified atom stereocenters. The highest BCUT2D eigenvalue weighted by molar-refractivity contribution is 7.78. The normalized spacial score (nSPS) is 14.0. The number of nitrogens with one attached hydrogen (secondary N) is 1. The van der Waals surface area contributed by atoms with E-state index >= 15 is 0 Å². The van der Waals surface area contributed by atoms with Gasteiger partial charge in [0.25, 0.3) is 0 Å². The van der Waals surface area contributed by atoms with Crippen LogP contribution in [0.2, 0.25) is 0 Å². The third-order valence-electron chi connectivity index (χ3n) is 1.70. The van der Waals surface area contributed by atoms with Crippen molar-refractivity contribution in [2.75, 3.05) is 6.61 Å². The summed E-state index contributed by atoms with van der Waals surface area (Å²) in [5.74, 6) is 0. The van der Waals surface area contributed by atoms with Gasteiger partial charge in [-0.2, -0.15) is 0 Å². The van der Waals surface area contributed by atoms with E-state index in [1.54, 1.807) is 0 Å². The van der Waals surface area contributed by atoms with Crippen LogP contribution in [0.25, 0.3) is 0 Å². The quantitative estimate of drug-likeness (QED) is 0.418. The summed E-state index contributed by atoms with van der Waals surface area (Å²) < 4.78 is 7.63. The van der Waals surface area contributed by atoms with E-state index in [0.29, 0.717) is 25.1 Å². The van der Waals surface area contributed by atoms with Crippen molar-refractivity contribution in [1.29, 1.82) is 5.41 Å². The van der Waals surface area contributed by atoms with Crippen molar-refractivity contribution in [2.45, 2.75) is 46.2 Å². The summed E-state index contributed by atoms with van der Waals surface area (Å²) in [4.78, 5) is 0. The van der Waals surface area contributed by atoms with E-state index in [1.807, 2.05) is 0 Å². The van der Waals surface area contributed by atoms with Crippen molar-refractivity contribution in [3.8, 4) is 0 Å². The maximum absolute atomic E-state index is 6.87. The molecule has 1 atom stereocenters. The molecule has 0 spiro atoms.